The number of allylic oxidation sites excluding steroid dienone is 3. The lowest BCUT2D eigenvalue weighted by atomic mass is 10.3. The second kappa shape index (κ2) is 3.82. The number of carbonyl (C=O) groups excluding carboxylic acids is 1. The van der Waals surface area contributed by atoms with E-state index in [1.807, 2.05) is 0 Å². The zero-order valence-corrected chi connectivity index (χ0v) is 4.22. The number of nitriles is 1. The predicted octanol–water partition coefficient (Wildman–Crippen LogP) is 0.732. The Morgan fingerprint density at radius 2 is 2.38 bits per heavy atom. The number of nitrogens with zero attached hydrogens (tertiary/aromatic N) is 1. The van der Waals surface area contributed by atoms with Gasteiger partial charge in [-0.2, -0.15) is 5.26 Å². The summed E-state index contributed by atoms with van der Waals surface area (Å²) in [5.74, 6) is 0. The van der Waals surface area contributed by atoms with Gasteiger partial charge in [-0.25, -0.2) is 0 Å². The molecule has 0 rings (SSSR count). The molecule has 0 atom stereocenters. The lowest BCUT2D eigenvalue weighted by Gasteiger charge is -1.70. The summed E-state index contributed by atoms with van der Waals surface area (Å²) in [6.07, 6.45) is 4.09. The van der Waals surface area contributed by atoms with Gasteiger partial charge in [0.05, 0.1) is 0 Å². The molecule has 0 aliphatic carbocycles. The third-order valence-corrected chi connectivity index (χ3v) is 0.515. The van der Waals surface area contributed by atoms with Crippen LogP contribution < -0.4 is 0 Å². The first-order valence-corrected chi connectivity index (χ1v) is 1.96. The van der Waals surface area contributed by atoms with Crippen LogP contribution in [-0.4, -0.2) is 6.29 Å². The summed E-state index contributed by atoms with van der Waals surface area (Å²) >= 11 is 0. The van der Waals surface area contributed by atoms with Gasteiger partial charge in [-0.05, 0) is 6.08 Å². The summed E-state index contributed by atoms with van der Waals surface area (Å²) in [4.78, 5) is 9.66. The maximum Gasteiger partial charge on any atom is 0.244 e. The van der Waals surface area contributed by atoms with Crippen molar-refractivity contribution < 1.29 is 4.79 Å². The van der Waals surface area contributed by atoms with E-state index in [4.69, 9.17) is 5.26 Å². The minimum atomic E-state index is -0.0278. The van der Waals surface area contributed by atoms with E-state index >= 15 is 0 Å². The van der Waals surface area contributed by atoms with Gasteiger partial charge in [-0.1, -0.05) is 12.7 Å². The third-order valence-electron chi connectivity index (χ3n) is 0.515. The molecule has 0 spiro atoms. The van der Waals surface area contributed by atoms with Crippen molar-refractivity contribution in [3.8, 4) is 6.07 Å². The van der Waals surface area contributed by atoms with E-state index in [-0.39, 0.29) is 5.57 Å². The monoisotopic (exact) mass is 106 g/mol. The SMILES string of the molecule is C=CC=C([C]=O)C#N. The molecule has 0 fully saturated rings. The number of hydrogen-bond acceptors (Lipinski definition) is 2. The van der Waals surface area contributed by atoms with E-state index in [9.17, 15) is 4.79 Å². The summed E-state index contributed by atoms with van der Waals surface area (Å²) in [7, 11) is 0. The Hall–Kier alpha value is -1.36. The van der Waals surface area contributed by atoms with E-state index < -0.39 is 0 Å². The smallest absolute Gasteiger partial charge is 0.244 e. The first kappa shape index (κ1) is 6.64. The molecule has 2 heteroatoms. The molecule has 2 nitrogen and oxygen atoms in total. The fourth-order valence-electron chi connectivity index (χ4n) is 0.212. The number of hydrogen-bond donors (Lipinski definition) is 0. The van der Waals surface area contributed by atoms with Crippen molar-refractivity contribution in [2.75, 3.05) is 0 Å². The molecule has 0 bridgehead atoms. The molecule has 0 aliphatic heterocycles. The minimum absolute atomic E-state index is 0.0278. The molecule has 0 unspecified atom stereocenters. The van der Waals surface area contributed by atoms with Gasteiger partial charge in [-0.15, -0.1) is 0 Å². The minimum Gasteiger partial charge on any atom is -0.284 e. The predicted molar refractivity (Wildman–Crippen MR) is 29.6 cm³/mol. The maximum absolute atomic E-state index is 9.66. The molecule has 0 aromatic heterocycles. The fraction of sp³-hybridized carbons (Fsp3) is 0. The van der Waals surface area contributed by atoms with Crippen molar-refractivity contribution in [2.45, 2.75) is 0 Å². The van der Waals surface area contributed by atoms with Crippen LogP contribution in [0.3, 0.4) is 0 Å². The van der Waals surface area contributed by atoms with Gasteiger partial charge in [0.25, 0.3) is 0 Å². The first-order chi connectivity index (χ1) is 3.85. The Morgan fingerprint density at radius 1 is 1.75 bits per heavy atom. The zero-order valence-electron chi connectivity index (χ0n) is 4.22. The van der Waals surface area contributed by atoms with Crippen molar-refractivity contribution >= 4 is 6.29 Å². The lowest BCUT2D eigenvalue weighted by Crippen LogP contribution is -1.74. The Bertz CT molecular complexity index is 162. The van der Waals surface area contributed by atoms with Crippen LogP contribution in [0.5, 0.6) is 0 Å². The molecule has 0 heterocycles. The molecule has 0 amide bonds. The van der Waals surface area contributed by atoms with Gasteiger partial charge in [-0.3, -0.25) is 4.79 Å². The molecular formula is C6H4NO. The van der Waals surface area contributed by atoms with Crippen LogP contribution in [0, 0.1) is 11.3 Å². The average Bonchev–Trinajstić information content (AvgIpc) is 1.83. The topological polar surface area (TPSA) is 40.9 Å². The van der Waals surface area contributed by atoms with Crippen LogP contribution in [0.25, 0.3) is 0 Å². The van der Waals surface area contributed by atoms with Crippen molar-refractivity contribution in [2.24, 2.45) is 0 Å². The lowest BCUT2D eigenvalue weighted by molar-refractivity contribution is 0.563. The van der Waals surface area contributed by atoms with E-state index in [0.717, 1.165) is 0 Å². The zero-order chi connectivity index (χ0) is 6.41. The summed E-state index contributed by atoms with van der Waals surface area (Å²) < 4.78 is 0. The van der Waals surface area contributed by atoms with Gasteiger partial charge in [0, 0.05) is 0 Å². The van der Waals surface area contributed by atoms with Gasteiger partial charge in [0.1, 0.15) is 11.6 Å². The summed E-state index contributed by atoms with van der Waals surface area (Å²) in [5.41, 5.74) is -0.0278. The first-order valence-electron chi connectivity index (χ1n) is 1.96. The largest absolute Gasteiger partial charge is 0.284 e. The van der Waals surface area contributed by atoms with E-state index in [0.29, 0.717) is 0 Å². The highest BCUT2D eigenvalue weighted by atomic mass is 16.1. The average molecular weight is 106 g/mol. The molecule has 0 N–H and O–H groups in total. The van der Waals surface area contributed by atoms with Crippen molar-refractivity contribution in [1.82, 2.24) is 0 Å². The standard InChI is InChI=1S/C6H4NO/c1-2-3-6(4-7)5-8/h2-3H,1H2. The van der Waals surface area contributed by atoms with Crippen LogP contribution in [0.2, 0.25) is 0 Å². The molecule has 1 radical (unpaired) electrons. The van der Waals surface area contributed by atoms with Gasteiger partial charge < -0.3 is 0 Å². The molecular weight excluding hydrogens is 102 g/mol. The van der Waals surface area contributed by atoms with Crippen molar-refractivity contribution in [1.29, 1.82) is 5.26 Å². The molecule has 8 heavy (non-hydrogen) atoms. The highest BCUT2D eigenvalue weighted by molar-refractivity contribution is 5.79. The van der Waals surface area contributed by atoms with Crippen molar-refractivity contribution in [3.05, 3.63) is 24.3 Å². The highest BCUT2D eigenvalue weighted by Gasteiger charge is 1.85. The quantitative estimate of drug-likeness (QED) is 0.296. The van der Waals surface area contributed by atoms with Gasteiger partial charge in [0.15, 0.2) is 0 Å². The Kier molecular flexibility index (Phi) is 3.17. The van der Waals surface area contributed by atoms with Crippen LogP contribution in [0.4, 0.5) is 0 Å². The van der Waals surface area contributed by atoms with Gasteiger partial charge >= 0.3 is 0 Å². The molecule has 0 aromatic carbocycles. The molecule has 0 aliphatic rings. The second-order valence-corrected chi connectivity index (χ2v) is 1.03. The van der Waals surface area contributed by atoms with Crippen LogP contribution in [0.15, 0.2) is 24.3 Å². The van der Waals surface area contributed by atoms with E-state index in [1.165, 1.54) is 18.4 Å². The third kappa shape index (κ3) is 1.93. The van der Waals surface area contributed by atoms with E-state index in [2.05, 4.69) is 6.58 Å². The van der Waals surface area contributed by atoms with Crippen LogP contribution in [0.1, 0.15) is 0 Å². The summed E-state index contributed by atoms with van der Waals surface area (Å²) in [5, 5.41) is 8.03. The van der Waals surface area contributed by atoms with Crippen molar-refractivity contribution in [3.63, 3.8) is 0 Å². The van der Waals surface area contributed by atoms with Crippen LogP contribution >= 0.6 is 0 Å². The fourth-order valence-corrected chi connectivity index (χ4v) is 0.212. The summed E-state index contributed by atoms with van der Waals surface area (Å²) in [6, 6.07) is 1.62. The Labute approximate surface area is 47.7 Å². The van der Waals surface area contributed by atoms with Crippen LogP contribution in [-0.2, 0) is 4.79 Å². The molecule has 0 aromatic rings. The maximum atomic E-state index is 9.66. The molecule has 0 saturated carbocycles. The summed E-state index contributed by atoms with van der Waals surface area (Å²) in [6.45, 7) is 3.29. The molecule has 39 valence electrons. The second-order valence-electron chi connectivity index (χ2n) is 1.03. The number of rotatable bonds is 2. The van der Waals surface area contributed by atoms with Gasteiger partial charge in [0.2, 0.25) is 6.29 Å². The normalized spacial score (nSPS) is 9.62. The van der Waals surface area contributed by atoms with E-state index in [1.54, 1.807) is 6.07 Å². The Balaban J connectivity index is 4.12. The Morgan fingerprint density at radius 3 is 2.50 bits per heavy atom. The highest BCUT2D eigenvalue weighted by Crippen LogP contribution is 1.83. The molecule has 0 saturated heterocycles.